The highest BCUT2D eigenvalue weighted by molar-refractivity contribution is 5.78. The van der Waals surface area contributed by atoms with Crippen LogP contribution in [0.1, 0.15) is 33.6 Å². The fraction of sp³-hybridized carbons (Fsp3) is 0.929. The van der Waals surface area contributed by atoms with Gasteiger partial charge in [-0.2, -0.15) is 0 Å². The van der Waals surface area contributed by atoms with Gasteiger partial charge in [0.1, 0.15) is 5.54 Å². The van der Waals surface area contributed by atoms with Crippen molar-refractivity contribution in [2.24, 2.45) is 0 Å². The van der Waals surface area contributed by atoms with Crippen LogP contribution in [0.3, 0.4) is 0 Å². The van der Waals surface area contributed by atoms with Gasteiger partial charge in [0.25, 0.3) is 0 Å². The second kappa shape index (κ2) is 6.68. The number of hydrogen-bond acceptors (Lipinski definition) is 4. The largest absolute Gasteiger partial charge is 0.480 e. The lowest BCUT2D eigenvalue weighted by atomic mass is 9.96. The summed E-state index contributed by atoms with van der Waals surface area (Å²) in [5.74, 6) is -0.760. The molecule has 112 valence electrons. The minimum absolute atomic E-state index is 0.175. The van der Waals surface area contributed by atoms with Crippen molar-refractivity contribution < 1.29 is 9.90 Å². The zero-order chi connectivity index (χ0) is 14.6. The summed E-state index contributed by atoms with van der Waals surface area (Å²) in [4.78, 5) is 16.1. The van der Waals surface area contributed by atoms with Gasteiger partial charge in [0.15, 0.2) is 0 Å². The van der Waals surface area contributed by atoms with Crippen molar-refractivity contribution in [1.29, 1.82) is 0 Å². The lowest BCUT2D eigenvalue weighted by Crippen LogP contribution is -2.53. The summed E-state index contributed by atoms with van der Waals surface area (Å²) in [7, 11) is 4.21. The Morgan fingerprint density at radius 3 is 2.58 bits per heavy atom. The smallest absolute Gasteiger partial charge is 0.323 e. The van der Waals surface area contributed by atoms with E-state index in [1.165, 1.54) is 6.42 Å². The molecule has 0 saturated carbocycles. The average Bonchev–Trinajstić information content (AvgIpc) is 2.74. The normalized spacial score (nSPS) is 24.1. The second-order valence-corrected chi connectivity index (χ2v) is 6.39. The molecular formula is C14H29N3O2. The lowest BCUT2D eigenvalue weighted by molar-refractivity contribution is -0.144. The molecule has 1 aliphatic rings. The standard InChI is InChI=1S/C14H29N3O2/c1-11(2)15-14(3,13(18)19)7-9-17-8-6-12(10-17)16(4)5/h11-12,15H,6-10H2,1-5H3,(H,18,19). The van der Waals surface area contributed by atoms with Crippen molar-refractivity contribution in [3.8, 4) is 0 Å². The van der Waals surface area contributed by atoms with Crippen molar-refractivity contribution in [1.82, 2.24) is 15.1 Å². The summed E-state index contributed by atoms with van der Waals surface area (Å²) in [6.07, 6.45) is 1.81. The molecule has 0 aromatic heterocycles. The van der Waals surface area contributed by atoms with E-state index in [0.29, 0.717) is 12.5 Å². The lowest BCUT2D eigenvalue weighted by Gasteiger charge is -2.30. The number of nitrogens with zero attached hydrogens (tertiary/aromatic N) is 2. The molecule has 2 atom stereocenters. The van der Waals surface area contributed by atoms with E-state index in [9.17, 15) is 9.90 Å². The van der Waals surface area contributed by atoms with E-state index < -0.39 is 11.5 Å². The third-order valence-electron chi connectivity index (χ3n) is 3.99. The molecule has 1 aliphatic heterocycles. The molecule has 1 rings (SSSR count). The molecule has 5 nitrogen and oxygen atoms in total. The molecule has 1 heterocycles. The highest BCUT2D eigenvalue weighted by atomic mass is 16.4. The van der Waals surface area contributed by atoms with Crippen molar-refractivity contribution in [3.63, 3.8) is 0 Å². The van der Waals surface area contributed by atoms with Gasteiger partial charge < -0.3 is 14.9 Å². The number of carboxylic acids is 1. The first-order valence-electron chi connectivity index (χ1n) is 7.14. The summed E-state index contributed by atoms with van der Waals surface area (Å²) in [5.41, 5.74) is -0.829. The quantitative estimate of drug-likeness (QED) is 0.719. The van der Waals surface area contributed by atoms with Crippen LogP contribution in [-0.4, -0.2) is 72.2 Å². The van der Waals surface area contributed by atoms with Crippen LogP contribution in [0.25, 0.3) is 0 Å². The van der Waals surface area contributed by atoms with E-state index >= 15 is 0 Å². The summed E-state index contributed by atoms with van der Waals surface area (Å²) in [5, 5.41) is 12.6. The van der Waals surface area contributed by atoms with Gasteiger partial charge in [0.2, 0.25) is 0 Å². The molecule has 5 heteroatoms. The van der Waals surface area contributed by atoms with Crippen LogP contribution in [0, 0.1) is 0 Å². The molecule has 1 saturated heterocycles. The predicted molar refractivity (Wildman–Crippen MR) is 77.5 cm³/mol. The summed E-state index contributed by atoms with van der Waals surface area (Å²) in [6.45, 7) is 8.71. The van der Waals surface area contributed by atoms with Crippen molar-refractivity contribution >= 4 is 5.97 Å². The molecule has 2 N–H and O–H groups in total. The van der Waals surface area contributed by atoms with Gasteiger partial charge in [0, 0.05) is 25.2 Å². The molecule has 0 aromatic carbocycles. The van der Waals surface area contributed by atoms with Gasteiger partial charge >= 0.3 is 5.97 Å². The molecule has 0 amide bonds. The third-order valence-corrected chi connectivity index (χ3v) is 3.99. The fourth-order valence-electron chi connectivity index (χ4n) is 2.70. The number of rotatable bonds is 7. The first kappa shape index (κ1) is 16.4. The van der Waals surface area contributed by atoms with Crippen LogP contribution in [0.4, 0.5) is 0 Å². The van der Waals surface area contributed by atoms with E-state index in [2.05, 4.69) is 29.2 Å². The maximum Gasteiger partial charge on any atom is 0.323 e. The maximum atomic E-state index is 11.4. The van der Waals surface area contributed by atoms with E-state index in [1.54, 1.807) is 6.92 Å². The predicted octanol–water partition coefficient (Wildman–Crippen LogP) is 0.854. The van der Waals surface area contributed by atoms with Crippen LogP contribution >= 0.6 is 0 Å². The van der Waals surface area contributed by atoms with Crippen LogP contribution in [-0.2, 0) is 4.79 Å². The molecular weight excluding hydrogens is 242 g/mol. The van der Waals surface area contributed by atoms with E-state index in [1.807, 2.05) is 13.8 Å². The Bertz CT molecular complexity index is 307. The van der Waals surface area contributed by atoms with Crippen LogP contribution in [0.5, 0.6) is 0 Å². The zero-order valence-electron chi connectivity index (χ0n) is 12.9. The van der Waals surface area contributed by atoms with E-state index in [-0.39, 0.29) is 6.04 Å². The van der Waals surface area contributed by atoms with Crippen LogP contribution in [0.15, 0.2) is 0 Å². The first-order valence-corrected chi connectivity index (χ1v) is 7.14. The minimum Gasteiger partial charge on any atom is -0.480 e. The number of carbonyl (C=O) groups is 1. The molecule has 0 aromatic rings. The molecule has 0 radical (unpaired) electrons. The monoisotopic (exact) mass is 271 g/mol. The SMILES string of the molecule is CC(C)NC(C)(CCN1CCC(N(C)C)C1)C(=O)O. The number of hydrogen-bond donors (Lipinski definition) is 2. The molecule has 0 spiro atoms. The fourth-order valence-corrected chi connectivity index (χ4v) is 2.70. The second-order valence-electron chi connectivity index (χ2n) is 6.39. The third kappa shape index (κ3) is 4.75. The first-order chi connectivity index (χ1) is 8.74. The minimum atomic E-state index is -0.829. The van der Waals surface area contributed by atoms with Gasteiger partial charge in [-0.05, 0) is 54.3 Å². The van der Waals surface area contributed by atoms with E-state index in [4.69, 9.17) is 0 Å². The van der Waals surface area contributed by atoms with Gasteiger partial charge in [0.05, 0.1) is 0 Å². The average molecular weight is 271 g/mol. The Labute approximate surface area is 117 Å². The molecule has 19 heavy (non-hydrogen) atoms. The number of aliphatic carboxylic acids is 1. The Kier molecular flexibility index (Phi) is 5.77. The van der Waals surface area contributed by atoms with Gasteiger partial charge in [-0.3, -0.25) is 10.1 Å². The molecule has 0 aliphatic carbocycles. The molecule has 1 fully saturated rings. The van der Waals surface area contributed by atoms with Gasteiger partial charge in [-0.25, -0.2) is 0 Å². The van der Waals surface area contributed by atoms with Gasteiger partial charge in [-0.15, -0.1) is 0 Å². The van der Waals surface area contributed by atoms with Crippen molar-refractivity contribution in [2.45, 2.75) is 51.2 Å². The Hall–Kier alpha value is -0.650. The van der Waals surface area contributed by atoms with Crippen LogP contribution < -0.4 is 5.32 Å². The number of likely N-dealkylation sites (N-methyl/N-ethyl adjacent to an activating group) is 1. The Balaban J connectivity index is 2.47. The topological polar surface area (TPSA) is 55.8 Å². The van der Waals surface area contributed by atoms with E-state index in [0.717, 1.165) is 19.6 Å². The number of carboxylic acid groups (broad SMARTS) is 1. The maximum absolute atomic E-state index is 11.4. The number of nitrogens with one attached hydrogen (secondary N) is 1. The van der Waals surface area contributed by atoms with Crippen LogP contribution in [0.2, 0.25) is 0 Å². The summed E-state index contributed by atoms with van der Waals surface area (Å²) >= 11 is 0. The highest BCUT2D eigenvalue weighted by Gasteiger charge is 2.34. The Morgan fingerprint density at radius 2 is 2.16 bits per heavy atom. The zero-order valence-corrected chi connectivity index (χ0v) is 12.9. The number of likely N-dealkylation sites (tertiary alicyclic amines) is 1. The van der Waals surface area contributed by atoms with Crippen molar-refractivity contribution in [3.05, 3.63) is 0 Å². The molecule has 0 bridgehead atoms. The van der Waals surface area contributed by atoms with Crippen molar-refractivity contribution in [2.75, 3.05) is 33.7 Å². The summed E-state index contributed by atoms with van der Waals surface area (Å²) in [6, 6.07) is 0.781. The Morgan fingerprint density at radius 1 is 1.53 bits per heavy atom. The summed E-state index contributed by atoms with van der Waals surface area (Å²) < 4.78 is 0. The van der Waals surface area contributed by atoms with Gasteiger partial charge in [-0.1, -0.05) is 0 Å². The highest BCUT2D eigenvalue weighted by Crippen LogP contribution is 2.17. The molecule has 2 unspecified atom stereocenters.